The average molecular weight is 473 g/mol. The second-order valence-electron chi connectivity index (χ2n) is 6.97. The van der Waals surface area contributed by atoms with E-state index in [0.717, 1.165) is 37.6 Å². The first-order valence-corrected chi connectivity index (χ1v) is 10.6. The lowest BCUT2D eigenvalue weighted by atomic mass is 10.2. The lowest BCUT2D eigenvalue weighted by molar-refractivity contribution is -0.118. The number of hydrogen-bond acceptors (Lipinski definition) is 6. The summed E-state index contributed by atoms with van der Waals surface area (Å²) < 4.78 is 11.9. The van der Waals surface area contributed by atoms with Gasteiger partial charge in [0, 0.05) is 32.2 Å². The molecule has 1 amide bonds. The molecule has 1 N–H and O–H groups in total. The second-order valence-corrected chi connectivity index (χ2v) is 7.83. The van der Waals surface area contributed by atoms with E-state index in [1.54, 1.807) is 12.1 Å². The van der Waals surface area contributed by atoms with Gasteiger partial charge in [0.25, 0.3) is 5.91 Å². The van der Waals surface area contributed by atoms with Gasteiger partial charge in [-0.1, -0.05) is 12.1 Å². The third-order valence-electron chi connectivity index (χ3n) is 4.81. The average Bonchev–Trinajstić information content (AvgIpc) is 2.74. The molecule has 1 heterocycles. The summed E-state index contributed by atoms with van der Waals surface area (Å²) in [6.07, 6.45) is 0. The molecule has 0 aromatic heterocycles. The number of carbonyl (C=O) groups excluding carboxylic acids is 1. The predicted octanol–water partition coefficient (Wildman–Crippen LogP) is 3.49. The number of halogens is 1. The van der Waals surface area contributed by atoms with Crippen molar-refractivity contribution in [3.63, 3.8) is 0 Å². The second kappa shape index (κ2) is 10.3. The molecule has 30 heavy (non-hydrogen) atoms. The molecule has 2 aromatic rings. The van der Waals surface area contributed by atoms with Crippen molar-refractivity contribution in [2.24, 2.45) is 0 Å². The van der Waals surface area contributed by atoms with Crippen LogP contribution in [0, 0.1) is 11.3 Å². The fraction of sp³-hybridized carbons (Fsp3) is 0.364. The minimum atomic E-state index is -0.268. The first-order chi connectivity index (χ1) is 14.5. The fourth-order valence-corrected chi connectivity index (χ4v) is 3.82. The Bertz CT molecular complexity index is 936. The lowest BCUT2D eigenvalue weighted by Gasteiger charge is -2.35. The largest absolute Gasteiger partial charge is 0.490 e. The minimum absolute atomic E-state index is 0.179. The van der Waals surface area contributed by atoms with Crippen molar-refractivity contribution >= 4 is 33.2 Å². The molecule has 0 saturated carbocycles. The number of benzene rings is 2. The van der Waals surface area contributed by atoms with E-state index in [1.807, 2.05) is 31.2 Å². The Morgan fingerprint density at radius 3 is 2.63 bits per heavy atom. The van der Waals surface area contributed by atoms with Gasteiger partial charge in [0.2, 0.25) is 0 Å². The number of hydrogen-bond donors (Lipinski definition) is 1. The van der Waals surface area contributed by atoms with Crippen molar-refractivity contribution in [3.8, 4) is 17.6 Å². The van der Waals surface area contributed by atoms with Crippen LogP contribution in [0.2, 0.25) is 0 Å². The van der Waals surface area contributed by atoms with Crippen LogP contribution in [0.5, 0.6) is 11.5 Å². The van der Waals surface area contributed by atoms with Crippen LogP contribution in [0.25, 0.3) is 0 Å². The Kier molecular flexibility index (Phi) is 7.55. The maximum atomic E-state index is 12.6. The summed E-state index contributed by atoms with van der Waals surface area (Å²) in [4.78, 5) is 17.2. The van der Waals surface area contributed by atoms with Crippen LogP contribution in [0.4, 0.5) is 11.4 Å². The number of nitrogens with zero attached hydrogens (tertiary/aromatic N) is 3. The van der Waals surface area contributed by atoms with E-state index in [-0.39, 0.29) is 12.5 Å². The highest BCUT2D eigenvalue weighted by molar-refractivity contribution is 9.10. The Morgan fingerprint density at radius 1 is 1.20 bits per heavy atom. The van der Waals surface area contributed by atoms with Gasteiger partial charge < -0.3 is 24.6 Å². The summed E-state index contributed by atoms with van der Waals surface area (Å²) in [5, 5.41) is 12.1. The van der Waals surface area contributed by atoms with Gasteiger partial charge in [-0.25, -0.2) is 0 Å². The highest BCUT2D eigenvalue weighted by Crippen LogP contribution is 2.37. The van der Waals surface area contributed by atoms with Crippen LogP contribution in [0.15, 0.2) is 40.9 Å². The third kappa shape index (κ3) is 5.43. The molecule has 0 aliphatic carbocycles. The molecule has 0 atom stereocenters. The van der Waals surface area contributed by atoms with Gasteiger partial charge in [-0.15, -0.1) is 0 Å². The number of para-hydroxylation sites is 2. The molecule has 1 aliphatic rings. The van der Waals surface area contributed by atoms with E-state index in [0.29, 0.717) is 28.1 Å². The first-order valence-electron chi connectivity index (χ1n) is 9.83. The van der Waals surface area contributed by atoms with Crippen LogP contribution in [-0.4, -0.2) is 57.2 Å². The molecule has 0 radical (unpaired) electrons. The molecule has 7 nitrogen and oxygen atoms in total. The van der Waals surface area contributed by atoms with Gasteiger partial charge in [-0.2, -0.15) is 5.26 Å². The van der Waals surface area contributed by atoms with Crippen LogP contribution in [0.1, 0.15) is 12.5 Å². The number of nitriles is 1. The zero-order valence-electron chi connectivity index (χ0n) is 17.2. The first kappa shape index (κ1) is 21.9. The maximum Gasteiger partial charge on any atom is 0.262 e. The summed E-state index contributed by atoms with van der Waals surface area (Å²) in [6.45, 7) is 5.88. The number of nitrogens with one attached hydrogen (secondary N) is 1. The molecule has 0 bridgehead atoms. The molecule has 0 spiro atoms. The predicted molar refractivity (Wildman–Crippen MR) is 120 cm³/mol. The van der Waals surface area contributed by atoms with Gasteiger partial charge >= 0.3 is 0 Å². The van der Waals surface area contributed by atoms with Crippen molar-refractivity contribution in [3.05, 3.63) is 46.4 Å². The summed E-state index contributed by atoms with van der Waals surface area (Å²) in [5.74, 6) is 0.558. The van der Waals surface area contributed by atoms with Crippen LogP contribution >= 0.6 is 15.9 Å². The maximum absolute atomic E-state index is 12.6. The number of likely N-dealkylation sites (N-methyl/N-ethyl adjacent to an activating group) is 1. The monoisotopic (exact) mass is 472 g/mol. The number of piperazine rings is 1. The van der Waals surface area contributed by atoms with E-state index < -0.39 is 0 Å². The van der Waals surface area contributed by atoms with E-state index in [9.17, 15) is 4.79 Å². The summed E-state index contributed by atoms with van der Waals surface area (Å²) >= 11 is 3.40. The number of carbonyl (C=O) groups is 1. The molecular formula is C22H25BrN4O3. The minimum Gasteiger partial charge on any atom is -0.490 e. The fourth-order valence-electron chi connectivity index (χ4n) is 3.26. The summed E-state index contributed by atoms with van der Waals surface area (Å²) in [7, 11) is 2.11. The molecule has 8 heteroatoms. The quantitative estimate of drug-likeness (QED) is 0.664. The Labute approximate surface area is 185 Å². The summed E-state index contributed by atoms with van der Waals surface area (Å²) in [6, 6.07) is 13.1. The highest BCUT2D eigenvalue weighted by Gasteiger charge is 2.19. The van der Waals surface area contributed by atoms with E-state index in [1.165, 1.54) is 0 Å². The molecule has 158 valence electrons. The topological polar surface area (TPSA) is 77.8 Å². The van der Waals surface area contributed by atoms with Gasteiger partial charge in [0.1, 0.15) is 0 Å². The zero-order chi connectivity index (χ0) is 21.5. The number of amides is 1. The smallest absolute Gasteiger partial charge is 0.262 e. The van der Waals surface area contributed by atoms with Crippen LogP contribution in [-0.2, 0) is 4.79 Å². The lowest BCUT2D eigenvalue weighted by Crippen LogP contribution is -2.44. The van der Waals surface area contributed by atoms with E-state index in [4.69, 9.17) is 14.7 Å². The number of ether oxygens (including phenoxy) is 2. The van der Waals surface area contributed by atoms with Crippen molar-refractivity contribution < 1.29 is 14.3 Å². The molecule has 1 aliphatic heterocycles. The Morgan fingerprint density at radius 2 is 1.93 bits per heavy atom. The number of anilines is 2. The van der Waals surface area contributed by atoms with Gasteiger partial charge in [-0.05, 0) is 48.1 Å². The zero-order valence-corrected chi connectivity index (χ0v) is 18.7. The van der Waals surface area contributed by atoms with Crippen molar-refractivity contribution in [2.75, 3.05) is 56.7 Å². The van der Waals surface area contributed by atoms with Crippen molar-refractivity contribution in [1.29, 1.82) is 5.26 Å². The van der Waals surface area contributed by atoms with Crippen molar-refractivity contribution in [1.82, 2.24) is 4.90 Å². The molecule has 0 unspecified atom stereocenters. The molecule has 2 aromatic carbocycles. The third-order valence-corrected chi connectivity index (χ3v) is 5.40. The van der Waals surface area contributed by atoms with E-state index in [2.05, 4.69) is 44.2 Å². The SMILES string of the molecule is CCOc1cc(C#N)cc(Br)c1OCC(=O)Nc1ccccc1N1CCN(C)CC1. The van der Waals surface area contributed by atoms with Crippen LogP contribution < -0.4 is 19.7 Å². The summed E-state index contributed by atoms with van der Waals surface area (Å²) in [5.41, 5.74) is 2.22. The number of rotatable bonds is 7. The molecule has 1 fully saturated rings. The Hall–Kier alpha value is -2.76. The van der Waals surface area contributed by atoms with Gasteiger partial charge in [0.05, 0.1) is 34.1 Å². The standard InChI is InChI=1S/C22H25BrN4O3/c1-3-29-20-13-16(14-24)12-17(23)22(20)30-15-21(28)25-18-6-4-5-7-19(18)27-10-8-26(2)9-11-27/h4-7,12-13H,3,8-11,15H2,1-2H3,(H,25,28). The van der Waals surface area contributed by atoms with E-state index >= 15 is 0 Å². The normalized spacial score (nSPS) is 14.1. The molecular weight excluding hydrogens is 448 g/mol. The van der Waals surface area contributed by atoms with Gasteiger partial charge in [0.15, 0.2) is 18.1 Å². The van der Waals surface area contributed by atoms with Gasteiger partial charge in [-0.3, -0.25) is 4.79 Å². The molecule has 3 rings (SSSR count). The van der Waals surface area contributed by atoms with Crippen molar-refractivity contribution in [2.45, 2.75) is 6.92 Å². The molecule has 1 saturated heterocycles. The van der Waals surface area contributed by atoms with Crippen LogP contribution in [0.3, 0.4) is 0 Å². The Balaban J connectivity index is 1.68. The highest BCUT2D eigenvalue weighted by atomic mass is 79.9.